The first-order valence-electron chi connectivity index (χ1n) is 7.76. The molecule has 0 saturated carbocycles. The van der Waals surface area contributed by atoms with E-state index in [-0.39, 0.29) is 12.2 Å². The number of carbonyl (C=O) groups excluding carboxylic acids is 1. The van der Waals surface area contributed by atoms with Gasteiger partial charge in [-0.15, -0.1) is 0 Å². The zero-order valence-electron chi connectivity index (χ0n) is 13.1. The fourth-order valence-electron chi connectivity index (χ4n) is 2.56. The molecule has 0 radical (unpaired) electrons. The number of ether oxygens (including phenoxy) is 2. The molecule has 1 saturated heterocycles. The maximum Gasteiger partial charge on any atom is 0.410 e. The number of hydrogen-bond acceptors (Lipinski definition) is 4. The first-order valence-corrected chi connectivity index (χ1v) is 7.76. The van der Waals surface area contributed by atoms with Crippen LogP contribution in [-0.2, 0) is 11.3 Å². The minimum absolute atomic E-state index is 0.0337. The molecular weight excluding hydrogens is 292 g/mol. The van der Waals surface area contributed by atoms with E-state index in [0.29, 0.717) is 25.6 Å². The van der Waals surface area contributed by atoms with E-state index >= 15 is 0 Å². The molecule has 0 bridgehead atoms. The van der Waals surface area contributed by atoms with Crippen molar-refractivity contribution in [2.75, 3.05) is 13.1 Å². The Balaban J connectivity index is 1.48. The normalized spacial score (nSPS) is 17.1. The molecule has 1 aromatic carbocycles. The van der Waals surface area contributed by atoms with Gasteiger partial charge in [0.15, 0.2) is 0 Å². The Morgan fingerprint density at radius 2 is 2.04 bits per heavy atom. The van der Waals surface area contributed by atoms with Crippen LogP contribution in [0.3, 0.4) is 0 Å². The Hall–Kier alpha value is -2.56. The summed E-state index contributed by atoms with van der Waals surface area (Å²) in [6.45, 7) is 3.39. The van der Waals surface area contributed by atoms with Crippen LogP contribution in [0.1, 0.15) is 17.7 Å². The molecule has 1 unspecified atom stereocenters. The van der Waals surface area contributed by atoms with E-state index in [2.05, 4.69) is 4.98 Å². The molecule has 1 amide bonds. The average Bonchev–Trinajstić information content (AvgIpc) is 3.02. The number of carbonyl (C=O) groups is 1. The van der Waals surface area contributed by atoms with Crippen molar-refractivity contribution in [2.24, 2.45) is 0 Å². The summed E-state index contributed by atoms with van der Waals surface area (Å²) in [5.41, 5.74) is 1.90. The Bertz CT molecular complexity index is 660. The van der Waals surface area contributed by atoms with Crippen molar-refractivity contribution >= 4 is 6.09 Å². The van der Waals surface area contributed by atoms with Crippen LogP contribution in [0.4, 0.5) is 4.79 Å². The molecule has 1 aliphatic heterocycles. The number of rotatable bonds is 4. The lowest BCUT2D eigenvalue weighted by Gasteiger charge is -2.17. The molecule has 120 valence electrons. The van der Waals surface area contributed by atoms with Crippen molar-refractivity contribution in [3.05, 3.63) is 59.8 Å². The summed E-state index contributed by atoms with van der Waals surface area (Å²) in [5.74, 6) is 0.606. The molecule has 2 aromatic rings. The monoisotopic (exact) mass is 312 g/mol. The third kappa shape index (κ3) is 4.22. The van der Waals surface area contributed by atoms with Gasteiger partial charge in [0.05, 0.1) is 6.54 Å². The summed E-state index contributed by atoms with van der Waals surface area (Å²) < 4.78 is 11.2. The molecule has 0 spiro atoms. The van der Waals surface area contributed by atoms with Gasteiger partial charge in [0.2, 0.25) is 5.88 Å². The van der Waals surface area contributed by atoms with E-state index < -0.39 is 0 Å². The fraction of sp³-hybridized carbons (Fsp3) is 0.333. The van der Waals surface area contributed by atoms with Crippen molar-refractivity contribution in [1.29, 1.82) is 0 Å². The highest BCUT2D eigenvalue weighted by atomic mass is 16.6. The third-order valence-corrected chi connectivity index (χ3v) is 3.76. The van der Waals surface area contributed by atoms with E-state index in [9.17, 15) is 4.79 Å². The molecule has 1 fully saturated rings. The van der Waals surface area contributed by atoms with E-state index in [0.717, 1.165) is 17.7 Å². The first-order chi connectivity index (χ1) is 11.2. The number of amides is 1. The molecule has 1 atom stereocenters. The maximum absolute atomic E-state index is 12.1. The minimum Gasteiger partial charge on any atom is -0.472 e. The summed E-state index contributed by atoms with van der Waals surface area (Å²) in [6, 6.07) is 15.3. The lowest BCUT2D eigenvalue weighted by Crippen LogP contribution is -2.31. The van der Waals surface area contributed by atoms with E-state index in [4.69, 9.17) is 9.47 Å². The van der Waals surface area contributed by atoms with Gasteiger partial charge in [-0.1, -0.05) is 36.4 Å². The highest BCUT2D eigenvalue weighted by Gasteiger charge is 2.28. The van der Waals surface area contributed by atoms with Crippen LogP contribution in [0.2, 0.25) is 0 Å². The van der Waals surface area contributed by atoms with Crippen LogP contribution in [0.15, 0.2) is 48.5 Å². The van der Waals surface area contributed by atoms with Crippen molar-refractivity contribution in [1.82, 2.24) is 9.88 Å². The highest BCUT2D eigenvalue weighted by molar-refractivity contribution is 5.68. The van der Waals surface area contributed by atoms with Crippen molar-refractivity contribution < 1.29 is 14.3 Å². The van der Waals surface area contributed by atoms with Gasteiger partial charge >= 0.3 is 6.09 Å². The topological polar surface area (TPSA) is 51.7 Å². The lowest BCUT2D eigenvalue weighted by atomic mass is 10.2. The molecule has 2 heterocycles. The molecule has 1 aliphatic rings. The number of aryl methyl sites for hydroxylation is 1. The predicted molar refractivity (Wildman–Crippen MR) is 86.2 cm³/mol. The smallest absolute Gasteiger partial charge is 0.410 e. The van der Waals surface area contributed by atoms with E-state index in [1.807, 2.05) is 55.5 Å². The van der Waals surface area contributed by atoms with Gasteiger partial charge in [-0.05, 0) is 18.6 Å². The number of likely N-dealkylation sites (tertiary alicyclic amines) is 1. The SMILES string of the molecule is Cc1cccc(OC2CCN(C(=O)OCc3ccccc3)C2)n1. The van der Waals surface area contributed by atoms with Gasteiger partial charge in [0.25, 0.3) is 0 Å². The molecule has 0 N–H and O–H groups in total. The highest BCUT2D eigenvalue weighted by Crippen LogP contribution is 2.18. The van der Waals surface area contributed by atoms with Gasteiger partial charge in [-0.3, -0.25) is 0 Å². The zero-order valence-corrected chi connectivity index (χ0v) is 13.1. The standard InChI is InChI=1S/C18H20N2O3/c1-14-6-5-9-17(19-14)23-16-10-11-20(12-16)18(21)22-13-15-7-3-2-4-8-15/h2-9,16H,10-13H2,1H3. The van der Waals surface area contributed by atoms with Gasteiger partial charge in [-0.25, -0.2) is 9.78 Å². The van der Waals surface area contributed by atoms with Crippen LogP contribution in [0.25, 0.3) is 0 Å². The van der Waals surface area contributed by atoms with Gasteiger partial charge in [0.1, 0.15) is 12.7 Å². The molecule has 0 aliphatic carbocycles. The summed E-state index contributed by atoms with van der Waals surface area (Å²) >= 11 is 0. The first kappa shape index (κ1) is 15.3. The summed E-state index contributed by atoms with van der Waals surface area (Å²) in [4.78, 5) is 18.1. The Labute approximate surface area is 135 Å². The summed E-state index contributed by atoms with van der Waals surface area (Å²) in [5, 5.41) is 0. The molecular formula is C18H20N2O3. The largest absolute Gasteiger partial charge is 0.472 e. The van der Waals surface area contributed by atoms with Crippen molar-refractivity contribution in [3.8, 4) is 5.88 Å². The average molecular weight is 312 g/mol. The quantitative estimate of drug-likeness (QED) is 0.870. The number of nitrogens with zero attached hydrogens (tertiary/aromatic N) is 2. The molecule has 5 heteroatoms. The van der Waals surface area contributed by atoms with Gasteiger partial charge < -0.3 is 14.4 Å². The Morgan fingerprint density at radius 1 is 1.22 bits per heavy atom. The molecule has 5 nitrogen and oxygen atoms in total. The van der Waals surface area contributed by atoms with Crippen LogP contribution in [-0.4, -0.2) is 35.2 Å². The lowest BCUT2D eigenvalue weighted by molar-refractivity contribution is 0.0988. The van der Waals surface area contributed by atoms with Gasteiger partial charge in [0, 0.05) is 24.7 Å². The summed E-state index contributed by atoms with van der Waals surface area (Å²) in [6.07, 6.45) is 0.460. The third-order valence-electron chi connectivity index (χ3n) is 3.76. The molecule has 23 heavy (non-hydrogen) atoms. The number of benzene rings is 1. The van der Waals surface area contributed by atoms with Crippen LogP contribution < -0.4 is 4.74 Å². The Morgan fingerprint density at radius 3 is 2.83 bits per heavy atom. The number of pyridine rings is 1. The predicted octanol–water partition coefficient (Wildman–Crippen LogP) is 3.18. The van der Waals surface area contributed by atoms with Crippen LogP contribution in [0, 0.1) is 6.92 Å². The van der Waals surface area contributed by atoms with Crippen molar-refractivity contribution in [3.63, 3.8) is 0 Å². The molecule has 3 rings (SSSR count). The van der Waals surface area contributed by atoms with Crippen molar-refractivity contribution in [2.45, 2.75) is 26.1 Å². The zero-order chi connectivity index (χ0) is 16.1. The van der Waals surface area contributed by atoms with Gasteiger partial charge in [-0.2, -0.15) is 0 Å². The maximum atomic E-state index is 12.1. The van der Waals surface area contributed by atoms with E-state index in [1.165, 1.54) is 0 Å². The Kier molecular flexibility index (Phi) is 4.76. The number of hydrogen-bond donors (Lipinski definition) is 0. The second-order valence-corrected chi connectivity index (χ2v) is 5.63. The fourth-order valence-corrected chi connectivity index (χ4v) is 2.56. The van der Waals surface area contributed by atoms with Crippen LogP contribution >= 0.6 is 0 Å². The minimum atomic E-state index is -0.294. The molecule has 1 aromatic heterocycles. The number of aromatic nitrogens is 1. The second-order valence-electron chi connectivity index (χ2n) is 5.63. The summed E-state index contributed by atoms with van der Waals surface area (Å²) in [7, 11) is 0. The second kappa shape index (κ2) is 7.13. The van der Waals surface area contributed by atoms with E-state index in [1.54, 1.807) is 4.90 Å². The van der Waals surface area contributed by atoms with Crippen LogP contribution in [0.5, 0.6) is 5.88 Å².